The first kappa shape index (κ1) is 15.4. The number of rotatable bonds is 3. The minimum Gasteiger partial charge on any atom is -0.469 e. The molecule has 1 heterocycles. The van der Waals surface area contributed by atoms with Crippen LogP contribution in [0.2, 0.25) is 0 Å². The van der Waals surface area contributed by atoms with Gasteiger partial charge in [-0.15, -0.1) is 0 Å². The Balaban J connectivity index is 2.54. The predicted octanol–water partition coefficient (Wildman–Crippen LogP) is 1.98. The summed E-state index contributed by atoms with van der Waals surface area (Å²) in [5.41, 5.74) is -5.92. The van der Waals surface area contributed by atoms with Crippen molar-refractivity contribution in [2.24, 2.45) is 0 Å². The van der Waals surface area contributed by atoms with Crippen molar-refractivity contribution in [1.29, 1.82) is 0 Å². The average Bonchev–Trinajstić information content (AvgIpc) is 2.85. The second-order valence-electron chi connectivity index (χ2n) is 4.04. The average molecular weight is 326 g/mol. The van der Waals surface area contributed by atoms with Crippen molar-refractivity contribution in [2.75, 3.05) is 7.11 Å². The fraction of sp³-hybridized carbons (Fsp3) is 0.364. The van der Waals surface area contributed by atoms with E-state index in [1.165, 1.54) is 6.07 Å². The lowest BCUT2D eigenvalue weighted by Crippen LogP contribution is -2.26. The molecule has 0 bridgehead atoms. The molecule has 1 aliphatic carbocycles. The Morgan fingerprint density at radius 3 is 2.57 bits per heavy atom. The van der Waals surface area contributed by atoms with Gasteiger partial charge in [-0.3, -0.25) is 0 Å². The van der Waals surface area contributed by atoms with E-state index in [1.807, 2.05) is 0 Å². The first-order chi connectivity index (χ1) is 9.67. The Kier molecular flexibility index (Phi) is 3.74. The van der Waals surface area contributed by atoms with E-state index in [0.717, 1.165) is 13.4 Å². The highest BCUT2D eigenvalue weighted by Gasteiger charge is 2.50. The van der Waals surface area contributed by atoms with Crippen LogP contribution in [0.3, 0.4) is 0 Å². The van der Waals surface area contributed by atoms with Gasteiger partial charge in [-0.25, -0.2) is 4.79 Å². The number of carbonyl (C=O) groups is 1. The van der Waals surface area contributed by atoms with Gasteiger partial charge in [-0.1, -0.05) is 0 Å². The number of fused-ring (bicyclic) bond motifs is 1. The number of hydrogen-bond donors (Lipinski definition) is 0. The summed E-state index contributed by atoms with van der Waals surface area (Å²) >= 11 is 0. The van der Waals surface area contributed by atoms with Crippen molar-refractivity contribution in [3.05, 3.63) is 29.2 Å². The highest BCUT2D eigenvalue weighted by atomic mass is 32.2. The van der Waals surface area contributed by atoms with Crippen LogP contribution < -0.4 is 0 Å². The number of esters is 1. The summed E-state index contributed by atoms with van der Waals surface area (Å²) in [6.45, 7) is 0. The van der Waals surface area contributed by atoms with Crippen molar-refractivity contribution in [3.8, 4) is 0 Å². The molecule has 116 valence electrons. The fourth-order valence-electron chi connectivity index (χ4n) is 1.82. The van der Waals surface area contributed by atoms with E-state index in [9.17, 15) is 26.4 Å². The largest absolute Gasteiger partial charge is 0.534 e. The van der Waals surface area contributed by atoms with E-state index >= 15 is 0 Å². The van der Waals surface area contributed by atoms with E-state index in [-0.39, 0.29) is 29.7 Å². The lowest BCUT2D eigenvalue weighted by atomic mass is 9.96. The number of carbonyl (C=O) groups excluding carboxylic acids is 1. The molecule has 0 radical (unpaired) electrons. The molecule has 0 saturated carbocycles. The van der Waals surface area contributed by atoms with Crippen LogP contribution in [0.5, 0.6) is 0 Å². The number of methoxy groups -OCH3 is 1. The van der Waals surface area contributed by atoms with Crippen molar-refractivity contribution in [3.63, 3.8) is 0 Å². The first-order valence-corrected chi connectivity index (χ1v) is 6.97. The number of ether oxygens (including phenoxy) is 1. The third-order valence-corrected chi connectivity index (χ3v) is 3.73. The molecular formula is C11H9F3O6S. The zero-order chi connectivity index (χ0) is 15.8. The third-order valence-electron chi connectivity index (χ3n) is 2.77. The van der Waals surface area contributed by atoms with E-state index < -0.39 is 27.4 Å². The van der Waals surface area contributed by atoms with Gasteiger partial charge in [0.2, 0.25) is 0 Å². The summed E-state index contributed by atoms with van der Waals surface area (Å²) in [6.07, 6.45) is 1.32. The molecule has 0 atom stereocenters. The number of furan rings is 1. The van der Waals surface area contributed by atoms with Crippen LogP contribution in [0, 0.1) is 0 Å². The smallest absolute Gasteiger partial charge is 0.469 e. The monoisotopic (exact) mass is 326 g/mol. The van der Waals surface area contributed by atoms with Crippen molar-refractivity contribution >= 4 is 21.8 Å². The molecule has 1 aromatic heterocycles. The van der Waals surface area contributed by atoms with Gasteiger partial charge in [0.25, 0.3) is 0 Å². The second kappa shape index (κ2) is 5.10. The molecular weight excluding hydrogens is 317 g/mol. The molecule has 0 spiro atoms. The summed E-state index contributed by atoms with van der Waals surface area (Å²) < 4.78 is 73.1. The highest BCUT2D eigenvalue weighted by Crippen LogP contribution is 2.37. The van der Waals surface area contributed by atoms with Crippen LogP contribution >= 0.6 is 0 Å². The Labute approximate surface area is 117 Å². The fourth-order valence-corrected chi connectivity index (χ4v) is 2.33. The van der Waals surface area contributed by atoms with Crippen molar-refractivity contribution < 1.29 is 39.7 Å². The predicted molar refractivity (Wildman–Crippen MR) is 62.0 cm³/mol. The molecule has 0 amide bonds. The molecule has 10 heteroatoms. The zero-order valence-corrected chi connectivity index (χ0v) is 11.4. The Morgan fingerprint density at radius 1 is 1.33 bits per heavy atom. The van der Waals surface area contributed by atoms with Gasteiger partial charge in [-0.2, -0.15) is 21.6 Å². The first-order valence-electron chi connectivity index (χ1n) is 5.56. The quantitative estimate of drug-likeness (QED) is 0.480. The Hall–Kier alpha value is -1.97. The van der Waals surface area contributed by atoms with Gasteiger partial charge in [0, 0.05) is 6.42 Å². The van der Waals surface area contributed by atoms with Gasteiger partial charge >= 0.3 is 21.6 Å². The molecule has 0 unspecified atom stereocenters. The number of hydrogen-bond acceptors (Lipinski definition) is 6. The maximum atomic E-state index is 12.4. The van der Waals surface area contributed by atoms with Gasteiger partial charge in [0.05, 0.1) is 24.5 Å². The number of aryl methyl sites for hydroxylation is 1. The zero-order valence-electron chi connectivity index (χ0n) is 10.6. The maximum Gasteiger partial charge on any atom is 0.534 e. The third kappa shape index (κ3) is 2.75. The van der Waals surface area contributed by atoms with E-state index in [0.29, 0.717) is 0 Å². The van der Waals surface area contributed by atoms with Crippen molar-refractivity contribution in [2.45, 2.75) is 18.3 Å². The molecule has 0 aliphatic heterocycles. The lowest BCUT2D eigenvalue weighted by Gasteiger charge is -2.19. The van der Waals surface area contributed by atoms with Crippen LogP contribution in [0.25, 0.3) is 5.76 Å². The maximum absolute atomic E-state index is 12.4. The van der Waals surface area contributed by atoms with Gasteiger partial charge in [0.1, 0.15) is 5.76 Å². The molecule has 0 N–H and O–H groups in total. The molecule has 0 saturated heterocycles. The summed E-state index contributed by atoms with van der Waals surface area (Å²) in [5, 5.41) is 0. The molecule has 0 aromatic carbocycles. The Morgan fingerprint density at radius 2 is 2.00 bits per heavy atom. The molecule has 0 fully saturated rings. The van der Waals surface area contributed by atoms with Gasteiger partial charge in [-0.05, 0) is 12.5 Å². The van der Waals surface area contributed by atoms with E-state index in [1.54, 1.807) is 0 Å². The molecule has 6 nitrogen and oxygen atoms in total. The standard InChI is InChI=1S/C11H9F3O6S/c1-18-10(15)7-2-3-8-6(4-5-19-8)9(7)20-21(16,17)11(12,13)14/h4-5H,2-3H2,1H3. The highest BCUT2D eigenvalue weighted by molar-refractivity contribution is 7.87. The normalized spacial score (nSPS) is 15.6. The summed E-state index contributed by atoms with van der Waals surface area (Å²) in [4.78, 5) is 11.6. The molecule has 1 aromatic rings. The molecule has 2 rings (SSSR count). The number of halogens is 3. The van der Waals surface area contributed by atoms with Crippen LogP contribution in [0.4, 0.5) is 13.2 Å². The van der Waals surface area contributed by atoms with Crippen LogP contribution in [-0.4, -0.2) is 27.0 Å². The minimum absolute atomic E-state index is 0.0190. The van der Waals surface area contributed by atoms with Crippen LogP contribution in [-0.2, 0) is 30.3 Å². The van der Waals surface area contributed by atoms with E-state index in [2.05, 4.69) is 8.92 Å². The lowest BCUT2D eigenvalue weighted by molar-refractivity contribution is -0.136. The van der Waals surface area contributed by atoms with Crippen molar-refractivity contribution in [1.82, 2.24) is 0 Å². The van der Waals surface area contributed by atoms with Gasteiger partial charge in [0.15, 0.2) is 5.76 Å². The minimum atomic E-state index is -5.90. The second-order valence-corrected chi connectivity index (χ2v) is 5.58. The van der Waals surface area contributed by atoms with E-state index in [4.69, 9.17) is 4.42 Å². The molecule has 1 aliphatic rings. The van der Waals surface area contributed by atoms with Crippen LogP contribution in [0.15, 0.2) is 22.3 Å². The SMILES string of the molecule is COC(=O)C1=C(OS(=O)(=O)C(F)(F)F)c2ccoc2CC1. The number of alkyl halides is 3. The summed E-state index contributed by atoms with van der Waals surface area (Å²) in [5.74, 6) is -1.45. The molecule has 21 heavy (non-hydrogen) atoms. The summed E-state index contributed by atoms with van der Waals surface area (Å²) in [7, 11) is -4.88. The topological polar surface area (TPSA) is 82.8 Å². The Bertz CT molecular complexity index is 698. The summed E-state index contributed by atoms with van der Waals surface area (Å²) in [6, 6.07) is 1.22. The van der Waals surface area contributed by atoms with Crippen LogP contribution in [0.1, 0.15) is 17.7 Å². The van der Waals surface area contributed by atoms with Gasteiger partial charge < -0.3 is 13.3 Å².